The van der Waals surface area contributed by atoms with Crippen molar-refractivity contribution in [2.75, 3.05) is 13.2 Å². The van der Waals surface area contributed by atoms with E-state index in [9.17, 15) is 55.9 Å². The minimum Gasteiger partial charge on any atom is -0.394 e. The van der Waals surface area contributed by atoms with E-state index in [4.69, 9.17) is 37.9 Å². The molecule has 0 aromatic rings. The highest BCUT2D eigenvalue weighted by Crippen LogP contribution is 2.34. The Morgan fingerprint density at radius 2 is 0.878 bits per heavy atom. The number of aliphatic hydroxyl groups excluding tert-OH is 10. The van der Waals surface area contributed by atoms with Crippen LogP contribution in [0.4, 0.5) is 0 Å². The molecule has 0 aromatic heterocycles. The van der Waals surface area contributed by atoms with Crippen LogP contribution >= 0.6 is 0 Å². The maximum absolute atomic E-state index is 11.7. The Morgan fingerprint density at radius 3 is 1.24 bits per heavy atom. The van der Waals surface area contributed by atoms with E-state index >= 15 is 0 Å². The summed E-state index contributed by atoms with van der Waals surface area (Å²) in [5.41, 5.74) is 0. The van der Waals surface area contributed by atoms with Gasteiger partial charge in [-0.2, -0.15) is 0 Å². The molecule has 4 saturated heterocycles. The number of hydrogen-bond donors (Lipinski definition) is 11. The second kappa shape index (κ2) is 17.1. The first-order valence-corrected chi connectivity index (χ1v) is 16.2. The van der Waals surface area contributed by atoms with Crippen molar-refractivity contribution >= 4 is 5.91 Å². The van der Waals surface area contributed by atoms with Crippen LogP contribution in [0.5, 0.6) is 0 Å². The molecule has 1 amide bonds. The summed E-state index contributed by atoms with van der Waals surface area (Å²) in [6.07, 6.45) is -29.1. The third kappa shape index (κ3) is 8.87. The summed E-state index contributed by atoms with van der Waals surface area (Å²) in [4.78, 5) is 11.7. The lowest BCUT2D eigenvalue weighted by atomic mass is 9.95. The zero-order chi connectivity index (χ0) is 36.5. The zero-order valence-corrected chi connectivity index (χ0v) is 27.7. The van der Waals surface area contributed by atoms with Crippen LogP contribution in [0.2, 0.25) is 0 Å². The van der Waals surface area contributed by atoms with Gasteiger partial charge in [-0.15, -0.1) is 0 Å². The van der Waals surface area contributed by atoms with E-state index in [1.165, 1.54) is 34.6 Å². The number of nitrogens with one attached hydrogen (secondary N) is 1. The van der Waals surface area contributed by atoms with Gasteiger partial charge in [0.15, 0.2) is 25.2 Å². The molecule has 0 spiro atoms. The van der Waals surface area contributed by atoms with Gasteiger partial charge in [-0.3, -0.25) is 4.79 Å². The largest absolute Gasteiger partial charge is 0.394 e. The Balaban J connectivity index is 1.48. The van der Waals surface area contributed by atoms with Gasteiger partial charge in [0.1, 0.15) is 73.2 Å². The van der Waals surface area contributed by atoms with Gasteiger partial charge in [0.2, 0.25) is 5.91 Å². The van der Waals surface area contributed by atoms with Crippen molar-refractivity contribution in [2.45, 2.75) is 163 Å². The molecule has 4 heterocycles. The first-order chi connectivity index (χ1) is 23.0. The highest BCUT2D eigenvalue weighted by molar-refractivity contribution is 5.73. The molecule has 4 rings (SSSR count). The van der Waals surface area contributed by atoms with Gasteiger partial charge < -0.3 is 94.3 Å². The van der Waals surface area contributed by atoms with Crippen LogP contribution in [-0.4, -0.2) is 199 Å². The van der Waals surface area contributed by atoms with Crippen molar-refractivity contribution in [3.8, 4) is 0 Å². The van der Waals surface area contributed by atoms with E-state index in [1.807, 2.05) is 0 Å². The van der Waals surface area contributed by atoms with Crippen LogP contribution in [0.1, 0.15) is 34.6 Å². The van der Waals surface area contributed by atoms with Crippen molar-refractivity contribution in [3.05, 3.63) is 0 Å². The summed E-state index contributed by atoms with van der Waals surface area (Å²) < 4.78 is 45.2. The van der Waals surface area contributed by atoms with E-state index in [2.05, 4.69) is 5.32 Å². The number of carbonyl (C=O) groups is 1. The van der Waals surface area contributed by atoms with Gasteiger partial charge in [0, 0.05) is 6.92 Å². The molecule has 0 saturated carbocycles. The highest BCUT2D eigenvalue weighted by atomic mass is 16.8. The second-order valence-electron chi connectivity index (χ2n) is 12.9. The van der Waals surface area contributed by atoms with Crippen LogP contribution in [0.25, 0.3) is 0 Å². The molecule has 4 aliphatic rings. The molecule has 0 unspecified atom stereocenters. The van der Waals surface area contributed by atoms with E-state index in [0.29, 0.717) is 0 Å². The van der Waals surface area contributed by atoms with Gasteiger partial charge in [0.25, 0.3) is 0 Å². The van der Waals surface area contributed by atoms with Gasteiger partial charge in [-0.1, -0.05) is 0 Å². The molecule has 20 nitrogen and oxygen atoms in total. The molecular formula is C29H51NO19. The summed E-state index contributed by atoms with van der Waals surface area (Å²) in [5.74, 6) is -0.546. The fraction of sp³-hybridized carbons (Fsp3) is 0.966. The molecular weight excluding hydrogens is 666 g/mol. The van der Waals surface area contributed by atoms with Crippen LogP contribution in [-0.2, 0) is 42.7 Å². The van der Waals surface area contributed by atoms with Crippen molar-refractivity contribution in [1.29, 1.82) is 0 Å². The third-order valence-corrected chi connectivity index (χ3v) is 9.17. The fourth-order valence-corrected chi connectivity index (χ4v) is 6.16. The SMILES string of the molecule is CC(=O)N[C@H]1[C@@H](O)[C@@H](C)O[C@H](O[C@@H]2[C@@H](O)[C@H](C)O[C@@H](O[C@@H]3[C@@H](O)[C@H](C)O[C@@H](O[C@@H]4[C@@H](O)[C@H](C)O[C@@H](OC(CO)CO)[C@@H]4O)[C@@H]3O)[C@@H]2O)[C@@H]1O. The maximum Gasteiger partial charge on any atom is 0.217 e. The topological polar surface area (TPSA) is 305 Å². The lowest BCUT2D eigenvalue weighted by molar-refractivity contribution is -0.385. The molecule has 0 aliphatic carbocycles. The Morgan fingerprint density at radius 1 is 0.551 bits per heavy atom. The second-order valence-corrected chi connectivity index (χ2v) is 12.9. The monoisotopic (exact) mass is 717 g/mol. The minimum absolute atomic E-state index is 0.546. The van der Waals surface area contributed by atoms with Gasteiger partial charge >= 0.3 is 0 Å². The highest BCUT2D eigenvalue weighted by Gasteiger charge is 2.54. The number of carbonyl (C=O) groups excluding carboxylic acids is 1. The van der Waals surface area contributed by atoms with Gasteiger partial charge in [0.05, 0.1) is 43.7 Å². The van der Waals surface area contributed by atoms with Crippen LogP contribution < -0.4 is 5.32 Å². The van der Waals surface area contributed by atoms with Crippen molar-refractivity contribution in [3.63, 3.8) is 0 Å². The van der Waals surface area contributed by atoms with Crippen LogP contribution in [0.15, 0.2) is 0 Å². The normalized spacial score (nSPS) is 49.6. The van der Waals surface area contributed by atoms with Gasteiger partial charge in [-0.05, 0) is 27.7 Å². The Hall–Kier alpha value is -1.25. The van der Waals surface area contributed by atoms with E-state index < -0.39 is 148 Å². The summed E-state index contributed by atoms with van der Waals surface area (Å²) >= 11 is 0. The molecule has 11 N–H and O–H groups in total. The van der Waals surface area contributed by atoms with Gasteiger partial charge in [-0.25, -0.2) is 0 Å². The summed E-state index contributed by atoms with van der Waals surface area (Å²) in [6.45, 7) is 5.74. The van der Waals surface area contributed by atoms with Crippen molar-refractivity contribution < 1.29 is 93.8 Å². The zero-order valence-electron chi connectivity index (χ0n) is 27.7. The predicted molar refractivity (Wildman–Crippen MR) is 157 cm³/mol. The smallest absolute Gasteiger partial charge is 0.217 e. The summed E-state index contributed by atoms with van der Waals surface area (Å²) in [6, 6.07) is -1.21. The third-order valence-electron chi connectivity index (χ3n) is 9.17. The molecule has 4 aliphatic heterocycles. The average molecular weight is 718 g/mol. The van der Waals surface area contributed by atoms with E-state index in [-0.39, 0.29) is 0 Å². The molecule has 0 aromatic carbocycles. The van der Waals surface area contributed by atoms with E-state index in [0.717, 1.165) is 0 Å². The number of hydrogen-bond acceptors (Lipinski definition) is 19. The minimum atomic E-state index is -1.84. The standard InChI is InChI=1S/C29H51NO19/c1-8-15(34)14(30-12(5)33)19(38)26(42-8)47-24-17(36)10(3)44-28(21(24)40)49-25-18(37)11(4)45-29(22(25)41)48-23-16(35)9(2)43-27(20(23)39)46-13(6-31)7-32/h8-11,13-29,31-32,34-41H,6-7H2,1-5H3,(H,30,33)/t8-,9+,10+,11+,14+,15+,16+,17+,18+,19-,20-,21-,22-,23-,24-,25-,26-,27+,28+,29+/m1/s1. The molecule has 0 radical (unpaired) electrons. The number of ether oxygens (including phenoxy) is 8. The van der Waals surface area contributed by atoms with Crippen LogP contribution in [0, 0.1) is 0 Å². The number of rotatable bonds is 11. The molecule has 20 atom stereocenters. The molecule has 49 heavy (non-hydrogen) atoms. The van der Waals surface area contributed by atoms with Crippen molar-refractivity contribution in [2.24, 2.45) is 0 Å². The number of aliphatic hydroxyl groups is 10. The Labute approximate surface area is 281 Å². The predicted octanol–water partition coefficient (Wildman–Crippen LogP) is -6.12. The fourth-order valence-electron chi connectivity index (χ4n) is 6.16. The molecule has 286 valence electrons. The van der Waals surface area contributed by atoms with Crippen molar-refractivity contribution in [1.82, 2.24) is 5.32 Å². The summed E-state index contributed by atoms with van der Waals surface area (Å²) in [5, 5.41) is 108. The van der Waals surface area contributed by atoms with E-state index in [1.54, 1.807) is 0 Å². The first-order valence-electron chi connectivity index (χ1n) is 16.2. The number of amides is 1. The molecule has 4 fully saturated rings. The first kappa shape index (κ1) is 40.5. The lowest BCUT2D eigenvalue weighted by Gasteiger charge is -2.49. The Bertz CT molecular complexity index is 1060. The molecule has 20 heteroatoms. The molecule has 0 bridgehead atoms. The summed E-state index contributed by atoms with van der Waals surface area (Å²) in [7, 11) is 0. The Kier molecular flexibility index (Phi) is 14.1. The maximum atomic E-state index is 11.7. The quantitative estimate of drug-likeness (QED) is 0.0947. The van der Waals surface area contributed by atoms with Crippen LogP contribution in [0.3, 0.4) is 0 Å². The lowest BCUT2D eigenvalue weighted by Crippen LogP contribution is -2.67. The average Bonchev–Trinajstić information content (AvgIpc) is 3.05.